The van der Waals surface area contributed by atoms with Crippen LogP contribution in [0.5, 0.6) is 0 Å². The van der Waals surface area contributed by atoms with Gasteiger partial charge < -0.3 is 9.73 Å². The Morgan fingerprint density at radius 2 is 1.94 bits per heavy atom. The van der Waals surface area contributed by atoms with Crippen LogP contribution < -0.4 is 5.32 Å². The first kappa shape index (κ1) is 14.3. The highest BCUT2D eigenvalue weighted by atomic mass is 16.3. The third kappa shape index (κ3) is 4.92. The normalized spacial score (nSPS) is 11.6. The molecule has 3 nitrogen and oxygen atoms in total. The molecule has 17 heavy (non-hydrogen) atoms. The second-order valence-corrected chi connectivity index (χ2v) is 4.71. The Bertz CT molecular complexity index is 307. The molecule has 0 aliphatic heterocycles. The summed E-state index contributed by atoms with van der Waals surface area (Å²) in [5.41, 5.74) is 0. The van der Waals surface area contributed by atoms with E-state index in [2.05, 4.69) is 50.0 Å². The molecule has 0 saturated heterocycles. The van der Waals surface area contributed by atoms with E-state index in [0.29, 0.717) is 6.04 Å². The molecule has 0 aliphatic carbocycles. The van der Waals surface area contributed by atoms with Crippen molar-refractivity contribution in [3.8, 4) is 0 Å². The average molecular weight is 238 g/mol. The second-order valence-electron chi connectivity index (χ2n) is 4.71. The standard InChI is InChI=1S/C14H26N2O/c1-5-9-16(12(3)4)11-14-8-7-13(17-14)10-15-6-2/h7-8,12,15H,5-6,9-11H2,1-4H3. The molecule has 0 bridgehead atoms. The van der Waals surface area contributed by atoms with E-state index in [0.717, 1.165) is 37.7 Å². The van der Waals surface area contributed by atoms with Crippen LogP contribution in [0.3, 0.4) is 0 Å². The Labute approximate surface area is 105 Å². The fraction of sp³-hybridized carbons (Fsp3) is 0.714. The molecule has 1 aromatic rings. The molecule has 0 atom stereocenters. The molecule has 0 aromatic carbocycles. The van der Waals surface area contributed by atoms with Crippen LogP contribution in [0.15, 0.2) is 16.5 Å². The first-order chi connectivity index (χ1) is 8.17. The zero-order valence-electron chi connectivity index (χ0n) is 11.6. The van der Waals surface area contributed by atoms with Gasteiger partial charge in [0.1, 0.15) is 11.5 Å². The van der Waals surface area contributed by atoms with E-state index >= 15 is 0 Å². The van der Waals surface area contributed by atoms with Crippen LogP contribution in [-0.4, -0.2) is 24.0 Å². The third-order valence-corrected chi connectivity index (χ3v) is 2.87. The Kier molecular flexibility index (Phi) is 6.30. The van der Waals surface area contributed by atoms with Crippen molar-refractivity contribution >= 4 is 0 Å². The highest BCUT2D eigenvalue weighted by Gasteiger charge is 2.11. The first-order valence-corrected chi connectivity index (χ1v) is 6.69. The number of rotatable bonds is 8. The smallest absolute Gasteiger partial charge is 0.118 e. The minimum absolute atomic E-state index is 0.567. The van der Waals surface area contributed by atoms with Gasteiger partial charge in [-0.1, -0.05) is 13.8 Å². The van der Waals surface area contributed by atoms with E-state index in [-0.39, 0.29) is 0 Å². The van der Waals surface area contributed by atoms with Crippen molar-refractivity contribution < 1.29 is 4.42 Å². The first-order valence-electron chi connectivity index (χ1n) is 6.69. The van der Waals surface area contributed by atoms with Crippen molar-refractivity contribution in [2.24, 2.45) is 0 Å². The summed E-state index contributed by atoms with van der Waals surface area (Å²) in [6.07, 6.45) is 1.18. The summed E-state index contributed by atoms with van der Waals surface area (Å²) in [5, 5.41) is 3.27. The molecule has 98 valence electrons. The van der Waals surface area contributed by atoms with Crippen molar-refractivity contribution in [2.75, 3.05) is 13.1 Å². The Morgan fingerprint density at radius 3 is 2.53 bits per heavy atom. The maximum atomic E-state index is 5.81. The molecule has 1 N–H and O–H groups in total. The molecule has 1 aromatic heterocycles. The van der Waals surface area contributed by atoms with Gasteiger partial charge in [0, 0.05) is 6.04 Å². The lowest BCUT2D eigenvalue weighted by molar-refractivity contribution is 0.195. The fourth-order valence-electron chi connectivity index (χ4n) is 1.86. The van der Waals surface area contributed by atoms with E-state index in [1.54, 1.807) is 0 Å². The zero-order valence-corrected chi connectivity index (χ0v) is 11.6. The quantitative estimate of drug-likeness (QED) is 0.754. The molecular weight excluding hydrogens is 212 g/mol. The van der Waals surface area contributed by atoms with Crippen molar-refractivity contribution in [3.05, 3.63) is 23.7 Å². The van der Waals surface area contributed by atoms with Gasteiger partial charge in [0.25, 0.3) is 0 Å². The van der Waals surface area contributed by atoms with Crippen molar-refractivity contribution in [1.29, 1.82) is 0 Å². The third-order valence-electron chi connectivity index (χ3n) is 2.87. The second kappa shape index (κ2) is 7.51. The minimum atomic E-state index is 0.567. The Balaban J connectivity index is 2.51. The maximum absolute atomic E-state index is 5.81. The molecule has 1 heterocycles. The molecular formula is C14H26N2O. The lowest BCUT2D eigenvalue weighted by atomic mass is 10.2. The summed E-state index contributed by atoms with van der Waals surface area (Å²) in [5.74, 6) is 2.10. The molecule has 0 amide bonds. The largest absolute Gasteiger partial charge is 0.463 e. The predicted octanol–water partition coefficient (Wildman–Crippen LogP) is 3.01. The summed E-state index contributed by atoms with van der Waals surface area (Å²) < 4.78 is 5.81. The minimum Gasteiger partial charge on any atom is -0.463 e. The van der Waals surface area contributed by atoms with E-state index < -0.39 is 0 Å². The SMILES string of the molecule is CCCN(Cc1ccc(CNCC)o1)C(C)C. The van der Waals surface area contributed by atoms with Gasteiger partial charge in [-0.05, 0) is 45.5 Å². The van der Waals surface area contributed by atoms with E-state index in [9.17, 15) is 0 Å². The molecule has 0 spiro atoms. The highest BCUT2D eigenvalue weighted by Crippen LogP contribution is 2.12. The van der Waals surface area contributed by atoms with Crippen LogP contribution in [-0.2, 0) is 13.1 Å². The number of hydrogen-bond donors (Lipinski definition) is 1. The summed E-state index contributed by atoms with van der Waals surface area (Å²) in [6.45, 7) is 12.6. The number of furan rings is 1. The average Bonchev–Trinajstić information content (AvgIpc) is 2.73. The summed E-state index contributed by atoms with van der Waals surface area (Å²) >= 11 is 0. The van der Waals surface area contributed by atoms with Crippen LogP contribution in [0.1, 0.15) is 45.6 Å². The van der Waals surface area contributed by atoms with Gasteiger partial charge in [0.15, 0.2) is 0 Å². The van der Waals surface area contributed by atoms with Gasteiger partial charge in [0.05, 0.1) is 13.1 Å². The molecule has 1 rings (SSSR count). The summed E-state index contributed by atoms with van der Waals surface area (Å²) in [4.78, 5) is 2.44. The fourth-order valence-corrected chi connectivity index (χ4v) is 1.86. The topological polar surface area (TPSA) is 28.4 Å². The van der Waals surface area contributed by atoms with Crippen LogP contribution in [0.2, 0.25) is 0 Å². The number of hydrogen-bond acceptors (Lipinski definition) is 3. The van der Waals surface area contributed by atoms with Crippen LogP contribution >= 0.6 is 0 Å². The van der Waals surface area contributed by atoms with Crippen LogP contribution in [0.25, 0.3) is 0 Å². The predicted molar refractivity (Wildman–Crippen MR) is 71.9 cm³/mol. The monoisotopic (exact) mass is 238 g/mol. The van der Waals surface area contributed by atoms with Crippen molar-refractivity contribution in [2.45, 2.75) is 53.2 Å². The van der Waals surface area contributed by atoms with Gasteiger partial charge in [-0.2, -0.15) is 0 Å². The van der Waals surface area contributed by atoms with E-state index in [4.69, 9.17) is 4.42 Å². The molecule has 0 saturated carbocycles. The maximum Gasteiger partial charge on any atom is 0.118 e. The zero-order chi connectivity index (χ0) is 12.7. The molecule has 0 radical (unpaired) electrons. The number of nitrogens with zero attached hydrogens (tertiary/aromatic N) is 1. The van der Waals surface area contributed by atoms with Crippen LogP contribution in [0, 0.1) is 0 Å². The van der Waals surface area contributed by atoms with Gasteiger partial charge in [-0.25, -0.2) is 0 Å². The molecule has 0 fully saturated rings. The van der Waals surface area contributed by atoms with E-state index in [1.807, 2.05) is 0 Å². The van der Waals surface area contributed by atoms with Gasteiger partial charge in [0.2, 0.25) is 0 Å². The van der Waals surface area contributed by atoms with E-state index in [1.165, 1.54) is 6.42 Å². The summed E-state index contributed by atoms with van der Waals surface area (Å²) in [6, 6.07) is 4.73. The Hall–Kier alpha value is -0.800. The highest BCUT2D eigenvalue weighted by molar-refractivity contribution is 5.07. The van der Waals surface area contributed by atoms with Crippen LogP contribution in [0.4, 0.5) is 0 Å². The van der Waals surface area contributed by atoms with Crippen molar-refractivity contribution in [3.63, 3.8) is 0 Å². The van der Waals surface area contributed by atoms with Crippen molar-refractivity contribution in [1.82, 2.24) is 10.2 Å². The van der Waals surface area contributed by atoms with Gasteiger partial charge in [-0.15, -0.1) is 0 Å². The molecule has 0 aliphatic rings. The lowest BCUT2D eigenvalue weighted by Gasteiger charge is -2.24. The lowest BCUT2D eigenvalue weighted by Crippen LogP contribution is -2.30. The Morgan fingerprint density at radius 1 is 1.24 bits per heavy atom. The molecule has 0 unspecified atom stereocenters. The van der Waals surface area contributed by atoms with Gasteiger partial charge in [-0.3, -0.25) is 4.90 Å². The molecule has 3 heteroatoms. The summed E-state index contributed by atoms with van der Waals surface area (Å²) in [7, 11) is 0. The number of nitrogens with one attached hydrogen (secondary N) is 1. The van der Waals surface area contributed by atoms with Gasteiger partial charge >= 0.3 is 0 Å².